The van der Waals surface area contributed by atoms with Crippen molar-refractivity contribution in [2.24, 2.45) is 11.7 Å². The number of nitrogens with two attached hydrogens (primary N) is 1. The normalized spacial score (nSPS) is 13.5. The first-order valence-corrected chi connectivity index (χ1v) is 7.80. The molecule has 5 nitrogen and oxygen atoms in total. The average Bonchev–Trinajstić information content (AvgIpc) is 2.36. The molecule has 0 fully saturated rings. The van der Waals surface area contributed by atoms with Gasteiger partial charge in [-0.1, -0.05) is 13.8 Å². The van der Waals surface area contributed by atoms with Crippen LogP contribution in [0, 0.1) is 5.92 Å². The molecule has 1 rings (SSSR count). The summed E-state index contributed by atoms with van der Waals surface area (Å²) in [5.74, 6) is 0.850. The highest BCUT2D eigenvalue weighted by Crippen LogP contribution is 2.16. The minimum atomic E-state index is -3.47. The summed E-state index contributed by atoms with van der Waals surface area (Å²) < 4.78 is 32.1. The van der Waals surface area contributed by atoms with Crippen LogP contribution in [-0.2, 0) is 10.0 Å². The summed E-state index contributed by atoms with van der Waals surface area (Å²) in [5.41, 5.74) is 5.33. The van der Waals surface area contributed by atoms with Crippen LogP contribution >= 0.6 is 0 Å². The molecular formula is C13H22N2O3S. The molecule has 0 spiro atoms. The second kappa shape index (κ2) is 6.88. The van der Waals surface area contributed by atoms with Crippen molar-refractivity contribution in [1.82, 2.24) is 4.72 Å². The predicted octanol–water partition coefficient (Wildman–Crippen LogP) is 1.35. The lowest BCUT2D eigenvalue weighted by molar-refractivity contribution is 0.328. The summed E-state index contributed by atoms with van der Waals surface area (Å²) >= 11 is 0. The second-order valence-corrected chi connectivity index (χ2v) is 6.48. The Balaban J connectivity index is 2.79. The summed E-state index contributed by atoms with van der Waals surface area (Å²) in [6, 6.07) is 6.20. The fraction of sp³-hybridized carbons (Fsp3) is 0.538. The number of hydrogen-bond donors (Lipinski definition) is 2. The van der Waals surface area contributed by atoms with Crippen LogP contribution in [0.4, 0.5) is 0 Å². The van der Waals surface area contributed by atoms with Crippen molar-refractivity contribution in [3.05, 3.63) is 24.3 Å². The minimum absolute atomic E-state index is 0.113. The third-order valence-electron chi connectivity index (χ3n) is 2.86. The smallest absolute Gasteiger partial charge is 0.240 e. The summed E-state index contributed by atoms with van der Waals surface area (Å²) in [7, 11) is -3.47. The predicted molar refractivity (Wildman–Crippen MR) is 75.6 cm³/mol. The van der Waals surface area contributed by atoms with E-state index in [0.29, 0.717) is 18.9 Å². The lowest BCUT2D eigenvalue weighted by Crippen LogP contribution is -2.36. The van der Waals surface area contributed by atoms with E-state index in [0.717, 1.165) is 0 Å². The molecule has 0 bridgehead atoms. The first-order valence-electron chi connectivity index (χ1n) is 6.32. The molecule has 1 unspecified atom stereocenters. The molecule has 1 aromatic carbocycles. The molecular weight excluding hydrogens is 264 g/mol. The Morgan fingerprint density at radius 3 is 2.26 bits per heavy atom. The van der Waals surface area contributed by atoms with Crippen molar-refractivity contribution < 1.29 is 13.2 Å². The molecule has 0 saturated heterocycles. The average molecular weight is 286 g/mol. The Hall–Kier alpha value is -1.11. The fourth-order valence-electron chi connectivity index (χ4n) is 1.34. The molecule has 19 heavy (non-hydrogen) atoms. The van der Waals surface area contributed by atoms with Crippen molar-refractivity contribution in [2.75, 3.05) is 13.2 Å². The van der Waals surface area contributed by atoms with Crippen molar-refractivity contribution in [3.8, 4) is 5.75 Å². The Kier molecular flexibility index (Phi) is 5.78. The molecule has 0 saturated carbocycles. The molecule has 3 N–H and O–H groups in total. The first-order chi connectivity index (χ1) is 8.86. The Labute approximate surface area is 115 Å². The molecule has 0 heterocycles. The second-order valence-electron chi connectivity index (χ2n) is 4.76. The van der Waals surface area contributed by atoms with Gasteiger partial charge >= 0.3 is 0 Å². The zero-order valence-electron chi connectivity index (χ0n) is 11.6. The van der Waals surface area contributed by atoms with Gasteiger partial charge in [-0.2, -0.15) is 0 Å². The van der Waals surface area contributed by atoms with Crippen LogP contribution in [0.1, 0.15) is 20.8 Å². The largest absolute Gasteiger partial charge is 0.492 e. The molecule has 0 aliphatic carbocycles. The van der Waals surface area contributed by atoms with E-state index in [-0.39, 0.29) is 16.9 Å². The van der Waals surface area contributed by atoms with E-state index in [9.17, 15) is 8.42 Å². The molecule has 0 amide bonds. The quantitative estimate of drug-likeness (QED) is 0.792. The molecule has 1 aromatic rings. The maximum atomic E-state index is 12.1. The molecule has 108 valence electrons. The Morgan fingerprint density at radius 1 is 1.21 bits per heavy atom. The van der Waals surface area contributed by atoms with E-state index in [1.807, 2.05) is 20.8 Å². The van der Waals surface area contributed by atoms with Gasteiger partial charge in [-0.25, -0.2) is 13.1 Å². The molecule has 0 radical (unpaired) electrons. The molecule has 0 aliphatic rings. The van der Waals surface area contributed by atoms with Crippen LogP contribution < -0.4 is 15.2 Å². The van der Waals surface area contributed by atoms with Gasteiger partial charge in [0.2, 0.25) is 10.0 Å². The van der Waals surface area contributed by atoms with E-state index in [4.69, 9.17) is 10.5 Å². The molecule has 6 heteroatoms. The summed E-state index contributed by atoms with van der Waals surface area (Å²) in [6.45, 7) is 6.62. The van der Waals surface area contributed by atoms with E-state index in [1.54, 1.807) is 12.1 Å². The highest BCUT2D eigenvalue weighted by molar-refractivity contribution is 7.89. The number of hydrogen-bond acceptors (Lipinski definition) is 4. The number of nitrogens with one attached hydrogen (secondary N) is 1. The molecule has 1 atom stereocenters. The third-order valence-corrected chi connectivity index (χ3v) is 4.44. The monoisotopic (exact) mass is 286 g/mol. The van der Waals surface area contributed by atoms with Crippen LogP contribution in [0.5, 0.6) is 5.75 Å². The van der Waals surface area contributed by atoms with Crippen LogP contribution in [0.15, 0.2) is 29.2 Å². The van der Waals surface area contributed by atoms with Crippen molar-refractivity contribution >= 4 is 10.0 Å². The van der Waals surface area contributed by atoms with Crippen LogP contribution in [-0.4, -0.2) is 27.6 Å². The van der Waals surface area contributed by atoms with Gasteiger partial charge in [-0.3, -0.25) is 0 Å². The topological polar surface area (TPSA) is 81.4 Å². The maximum absolute atomic E-state index is 12.1. The third kappa shape index (κ3) is 4.81. The van der Waals surface area contributed by atoms with Gasteiger partial charge in [0, 0.05) is 12.6 Å². The van der Waals surface area contributed by atoms with Gasteiger partial charge in [-0.15, -0.1) is 0 Å². The fourth-order valence-corrected chi connectivity index (χ4v) is 2.73. The lowest BCUT2D eigenvalue weighted by atomic mass is 10.1. The van der Waals surface area contributed by atoms with Gasteiger partial charge in [0.05, 0.1) is 4.90 Å². The maximum Gasteiger partial charge on any atom is 0.240 e. The lowest BCUT2D eigenvalue weighted by Gasteiger charge is -2.17. The van der Waals surface area contributed by atoms with E-state index in [2.05, 4.69) is 4.72 Å². The van der Waals surface area contributed by atoms with Crippen molar-refractivity contribution in [2.45, 2.75) is 31.7 Å². The SMILES string of the molecule is CC(C)C(C)NS(=O)(=O)c1ccc(OCCN)cc1. The summed E-state index contributed by atoms with van der Waals surface area (Å²) in [6.07, 6.45) is 0. The number of rotatable bonds is 7. The number of benzene rings is 1. The van der Waals surface area contributed by atoms with Crippen molar-refractivity contribution in [3.63, 3.8) is 0 Å². The zero-order valence-corrected chi connectivity index (χ0v) is 12.4. The van der Waals surface area contributed by atoms with Crippen LogP contribution in [0.2, 0.25) is 0 Å². The van der Waals surface area contributed by atoms with E-state index >= 15 is 0 Å². The van der Waals surface area contributed by atoms with Gasteiger partial charge in [0.15, 0.2) is 0 Å². The number of ether oxygens (including phenoxy) is 1. The van der Waals surface area contributed by atoms with E-state index < -0.39 is 10.0 Å². The molecule has 0 aromatic heterocycles. The Bertz CT molecular complexity index is 483. The first kappa shape index (κ1) is 15.9. The van der Waals surface area contributed by atoms with Crippen molar-refractivity contribution in [1.29, 1.82) is 0 Å². The van der Waals surface area contributed by atoms with Crippen LogP contribution in [0.3, 0.4) is 0 Å². The van der Waals surface area contributed by atoms with Gasteiger partial charge in [-0.05, 0) is 37.1 Å². The van der Waals surface area contributed by atoms with Gasteiger partial charge < -0.3 is 10.5 Å². The molecule has 0 aliphatic heterocycles. The zero-order chi connectivity index (χ0) is 14.5. The van der Waals surface area contributed by atoms with Gasteiger partial charge in [0.25, 0.3) is 0 Å². The highest BCUT2D eigenvalue weighted by atomic mass is 32.2. The Morgan fingerprint density at radius 2 is 1.79 bits per heavy atom. The van der Waals surface area contributed by atoms with E-state index in [1.165, 1.54) is 12.1 Å². The van der Waals surface area contributed by atoms with Crippen LogP contribution in [0.25, 0.3) is 0 Å². The number of sulfonamides is 1. The highest BCUT2D eigenvalue weighted by Gasteiger charge is 2.18. The van der Waals surface area contributed by atoms with Gasteiger partial charge in [0.1, 0.15) is 12.4 Å². The standard InChI is InChI=1S/C13H22N2O3S/c1-10(2)11(3)15-19(16,17)13-6-4-12(5-7-13)18-9-8-14/h4-7,10-11,15H,8-9,14H2,1-3H3. The summed E-state index contributed by atoms with van der Waals surface area (Å²) in [4.78, 5) is 0.236. The summed E-state index contributed by atoms with van der Waals surface area (Å²) in [5, 5.41) is 0. The minimum Gasteiger partial charge on any atom is -0.492 e.